The second-order valence-corrected chi connectivity index (χ2v) is 6.82. The fraction of sp³-hybridized carbons (Fsp3) is 0.632. The molecule has 4 heteroatoms. The maximum atomic E-state index is 13.0. The van der Waals surface area contributed by atoms with Gasteiger partial charge in [0, 0.05) is 18.3 Å². The summed E-state index contributed by atoms with van der Waals surface area (Å²) in [5, 5.41) is 0. The number of nitrogens with zero attached hydrogens (tertiary/aromatic N) is 2. The largest absolute Gasteiger partial charge is 0.375 e. The average molecular weight is 318 g/mol. The van der Waals surface area contributed by atoms with E-state index in [9.17, 15) is 4.79 Å². The first-order chi connectivity index (χ1) is 11.0. The molecule has 0 radical (unpaired) electrons. The Hall–Kier alpha value is -1.39. The van der Waals surface area contributed by atoms with Gasteiger partial charge in [0.1, 0.15) is 0 Å². The van der Waals surface area contributed by atoms with E-state index in [2.05, 4.69) is 32.6 Å². The lowest BCUT2D eigenvalue weighted by atomic mass is 9.92. The maximum Gasteiger partial charge on any atom is 0.241 e. The maximum absolute atomic E-state index is 13.0. The third-order valence-corrected chi connectivity index (χ3v) is 4.59. The molecule has 1 atom stereocenters. The highest BCUT2D eigenvalue weighted by atomic mass is 16.5. The molecular weight excluding hydrogens is 288 g/mol. The highest BCUT2D eigenvalue weighted by molar-refractivity contribution is 5.95. The van der Waals surface area contributed by atoms with Gasteiger partial charge in [-0.05, 0) is 51.9 Å². The molecule has 0 aromatic heterocycles. The van der Waals surface area contributed by atoms with Crippen LogP contribution in [0.4, 0.5) is 5.69 Å². The first-order valence-electron chi connectivity index (χ1n) is 8.70. The molecule has 1 aromatic carbocycles. The summed E-state index contributed by atoms with van der Waals surface area (Å²) in [5.41, 5.74) is 0.818. The number of hydrogen-bond donors (Lipinski definition) is 0. The van der Waals surface area contributed by atoms with Gasteiger partial charge in [-0.15, -0.1) is 0 Å². The van der Waals surface area contributed by atoms with Crippen molar-refractivity contribution in [2.24, 2.45) is 0 Å². The van der Waals surface area contributed by atoms with Gasteiger partial charge in [-0.2, -0.15) is 0 Å². The Morgan fingerprint density at radius 3 is 2.43 bits per heavy atom. The highest BCUT2D eigenvalue weighted by Crippen LogP contribution is 2.30. The molecule has 0 N–H and O–H groups in total. The first-order valence-corrected chi connectivity index (χ1v) is 8.70. The second-order valence-electron chi connectivity index (χ2n) is 6.82. The Bertz CT molecular complexity index is 497. The van der Waals surface area contributed by atoms with Crippen LogP contribution in [0.1, 0.15) is 40.5 Å². The molecular formula is C19H30N2O2. The number of carbonyl (C=O) groups excluding carboxylic acids is 1. The summed E-state index contributed by atoms with van der Waals surface area (Å²) in [4.78, 5) is 17.2. The summed E-state index contributed by atoms with van der Waals surface area (Å²) >= 11 is 0. The van der Waals surface area contributed by atoms with Crippen LogP contribution in [-0.2, 0) is 9.53 Å². The smallest absolute Gasteiger partial charge is 0.241 e. The number of likely N-dealkylation sites (N-methyl/N-ethyl adjacent to an activating group) is 1. The fourth-order valence-corrected chi connectivity index (χ4v) is 3.28. The van der Waals surface area contributed by atoms with Crippen LogP contribution in [0, 0.1) is 0 Å². The summed E-state index contributed by atoms with van der Waals surface area (Å²) in [5.74, 6) is 0.183. The predicted molar refractivity (Wildman–Crippen MR) is 94.8 cm³/mol. The molecule has 1 aliphatic rings. The van der Waals surface area contributed by atoms with Gasteiger partial charge >= 0.3 is 0 Å². The van der Waals surface area contributed by atoms with E-state index in [4.69, 9.17) is 4.74 Å². The third-order valence-electron chi connectivity index (χ3n) is 4.59. The van der Waals surface area contributed by atoms with Crippen LogP contribution >= 0.6 is 0 Å². The summed E-state index contributed by atoms with van der Waals surface area (Å²) in [6, 6.07) is 10.2. The van der Waals surface area contributed by atoms with Crippen molar-refractivity contribution in [3.8, 4) is 0 Å². The number of anilines is 1. The predicted octanol–water partition coefficient (Wildman–Crippen LogP) is 3.32. The lowest BCUT2D eigenvalue weighted by Gasteiger charge is -2.41. The fourth-order valence-electron chi connectivity index (χ4n) is 3.28. The number of ether oxygens (including phenoxy) is 1. The van der Waals surface area contributed by atoms with Crippen LogP contribution in [-0.4, -0.2) is 48.7 Å². The molecule has 4 nitrogen and oxygen atoms in total. The molecule has 1 aliphatic heterocycles. The van der Waals surface area contributed by atoms with Crippen LogP contribution in [0.15, 0.2) is 30.3 Å². The minimum absolute atomic E-state index is 0.175. The van der Waals surface area contributed by atoms with E-state index in [1.54, 1.807) is 0 Å². The van der Waals surface area contributed by atoms with Crippen LogP contribution in [0.2, 0.25) is 0 Å². The third kappa shape index (κ3) is 4.79. The number of para-hydroxylation sites is 1. The van der Waals surface area contributed by atoms with Gasteiger partial charge in [0.15, 0.2) is 0 Å². The summed E-state index contributed by atoms with van der Waals surface area (Å²) in [6.45, 7) is 11.4. The number of amides is 1. The van der Waals surface area contributed by atoms with Gasteiger partial charge < -0.3 is 9.64 Å². The van der Waals surface area contributed by atoms with Crippen LogP contribution in [0.25, 0.3) is 0 Å². The summed E-state index contributed by atoms with van der Waals surface area (Å²) in [6.07, 6.45) is 1.76. The molecule has 23 heavy (non-hydrogen) atoms. The molecule has 2 rings (SSSR count). The van der Waals surface area contributed by atoms with Crippen molar-refractivity contribution in [1.82, 2.24) is 4.90 Å². The molecule has 0 bridgehead atoms. The van der Waals surface area contributed by atoms with E-state index in [-0.39, 0.29) is 17.6 Å². The lowest BCUT2D eigenvalue weighted by Crippen LogP contribution is -2.51. The monoisotopic (exact) mass is 318 g/mol. The molecule has 1 aromatic rings. The molecule has 1 unspecified atom stereocenters. The summed E-state index contributed by atoms with van der Waals surface area (Å²) in [7, 11) is 0. The normalized spacial score (nSPS) is 20.5. The van der Waals surface area contributed by atoms with E-state index in [1.807, 2.05) is 35.2 Å². The van der Waals surface area contributed by atoms with Gasteiger partial charge in [0.25, 0.3) is 0 Å². The second kappa shape index (κ2) is 7.93. The average Bonchev–Trinajstić information content (AvgIpc) is 2.53. The lowest BCUT2D eigenvalue weighted by molar-refractivity contribution is -0.121. The van der Waals surface area contributed by atoms with Crippen molar-refractivity contribution in [1.29, 1.82) is 0 Å². The number of benzene rings is 1. The molecule has 1 saturated heterocycles. The molecule has 0 saturated carbocycles. The van der Waals surface area contributed by atoms with Crippen molar-refractivity contribution in [2.45, 2.75) is 52.2 Å². The minimum atomic E-state index is -0.175. The Labute approximate surface area is 140 Å². The van der Waals surface area contributed by atoms with Gasteiger partial charge in [-0.3, -0.25) is 9.69 Å². The van der Waals surface area contributed by atoms with Gasteiger partial charge in [0.05, 0.1) is 12.1 Å². The van der Waals surface area contributed by atoms with Crippen molar-refractivity contribution < 1.29 is 9.53 Å². The van der Waals surface area contributed by atoms with E-state index in [0.29, 0.717) is 13.2 Å². The molecule has 0 spiro atoms. The Morgan fingerprint density at radius 1 is 1.22 bits per heavy atom. The van der Waals surface area contributed by atoms with Crippen LogP contribution in [0.5, 0.6) is 0 Å². The zero-order valence-electron chi connectivity index (χ0n) is 14.9. The Balaban J connectivity index is 2.23. The molecule has 0 aliphatic carbocycles. The SMILES string of the molecule is CCN(CC)CC(=O)N(c1ccccc1)C1CCOC(C)(C)C1. The minimum Gasteiger partial charge on any atom is -0.375 e. The standard InChI is InChI=1S/C19H30N2O2/c1-5-20(6-2)15-18(22)21(16-10-8-7-9-11-16)17-12-13-23-19(3,4)14-17/h7-11,17H,5-6,12-15H2,1-4H3. The summed E-state index contributed by atoms with van der Waals surface area (Å²) < 4.78 is 5.84. The van der Waals surface area contributed by atoms with E-state index < -0.39 is 0 Å². The topological polar surface area (TPSA) is 32.8 Å². The quantitative estimate of drug-likeness (QED) is 0.806. The molecule has 1 heterocycles. The molecule has 1 fully saturated rings. The highest BCUT2D eigenvalue weighted by Gasteiger charge is 2.35. The zero-order chi connectivity index (χ0) is 16.9. The van der Waals surface area contributed by atoms with Crippen LogP contribution < -0.4 is 4.90 Å². The first kappa shape index (κ1) is 18.0. The van der Waals surface area contributed by atoms with Gasteiger partial charge in [-0.25, -0.2) is 0 Å². The number of hydrogen-bond acceptors (Lipinski definition) is 3. The van der Waals surface area contributed by atoms with Crippen molar-refractivity contribution in [3.63, 3.8) is 0 Å². The van der Waals surface area contributed by atoms with Crippen molar-refractivity contribution >= 4 is 11.6 Å². The van der Waals surface area contributed by atoms with Gasteiger partial charge in [-0.1, -0.05) is 32.0 Å². The van der Waals surface area contributed by atoms with E-state index in [0.717, 1.165) is 31.6 Å². The van der Waals surface area contributed by atoms with Gasteiger partial charge in [0.2, 0.25) is 5.91 Å². The van der Waals surface area contributed by atoms with Crippen molar-refractivity contribution in [3.05, 3.63) is 30.3 Å². The van der Waals surface area contributed by atoms with E-state index in [1.165, 1.54) is 0 Å². The molecule has 1 amide bonds. The Kier molecular flexibility index (Phi) is 6.19. The number of rotatable bonds is 6. The Morgan fingerprint density at radius 2 is 1.87 bits per heavy atom. The zero-order valence-corrected chi connectivity index (χ0v) is 14.9. The van der Waals surface area contributed by atoms with Crippen LogP contribution in [0.3, 0.4) is 0 Å². The van der Waals surface area contributed by atoms with E-state index >= 15 is 0 Å². The molecule has 128 valence electrons. The number of carbonyl (C=O) groups is 1. The van der Waals surface area contributed by atoms with Crippen molar-refractivity contribution in [2.75, 3.05) is 31.1 Å².